The zero-order valence-corrected chi connectivity index (χ0v) is 12.0. The van der Waals surface area contributed by atoms with E-state index in [9.17, 15) is 0 Å². The third-order valence-electron chi connectivity index (χ3n) is 2.96. The van der Waals surface area contributed by atoms with E-state index in [2.05, 4.69) is 28.0 Å². The maximum Gasteiger partial charge on any atom is 0.203 e. The number of methoxy groups -OCH3 is 1. The van der Waals surface area contributed by atoms with E-state index in [0.29, 0.717) is 0 Å². The van der Waals surface area contributed by atoms with Crippen molar-refractivity contribution in [2.75, 3.05) is 25.6 Å². The Morgan fingerprint density at radius 3 is 2.83 bits per heavy atom. The Labute approximate surface area is 111 Å². The number of hydrogen-bond donors (Lipinski definition) is 1. The number of aryl methyl sites for hydroxylation is 2. The Morgan fingerprint density at radius 2 is 2.11 bits per heavy atom. The van der Waals surface area contributed by atoms with Crippen LogP contribution in [0.5, 0.6) is 0 Å². The van der Waals surface area contributed by atoms with Crippen LogP contribution in [0.2, 0.25) is 0 Å². The highest BCUT2D eigenvalue weighted by molar-refractivity contribution is 5.28. The Bertz CT molecular complexity index is 293. The van der Waals surface area contributed by atoms with Crippen molar-refractivity contribution < 1.29 is 4.74 Å². The first-order valence-corrected chi connectivity index (χ1v) is 7.04. The minimum atomic E-state index is 0.795. The van der Waals surface area contributed by atoms with Crippen molar-refractivity contribution in [1.82, 2.24) is 9.55 Å². The molecule has 4 heteroatoms. The molecule has 0 aliphatic carbocycles. The maximum absolute atomic E-state index is 5.04. The van der Waals surface area contributed by atoms with E-state index in [1.165, 1.54) is 25.7 Å². The minimum Gasteiger partial charge on any atom is -0.385 e. The number of nitrogens with zero attached hydrogens (tertiary/aromatic N) is 2. The van der Waals surface area contributed by atoms with Crippen molar-refractivity contribution >= 4 is 5.95 Å². The summed E-state index contributed by atoms with van der Waals surface area (Å²) in [5.41, 5.74) is 1.08. The van der Waals surface area contributed by atoms with Gasteiger partial charge in [-0.3, -0.25) is 0 Å². The van der Waals surface area contributed by atoms with Gasteiger partial charge in [-0.1, -0.05) is 26.2 Å². The van der Waals surface area contributed by atoms with Crippen LogP contribution in [0.4, 0.5) is 5.95 Å². The number of hydrogen-bond acceptors (Lipinski definition) is 3. The first-order chi connectivity index (χ1) is 8.77. The molecule has 0 unspecified atom stereocenters. The van der Waals surface area contributed by atoms with Crippen molar-refractivity contribution in [3.63, 3.8) is 0 Å². The Morgan fingerprint density at radius 1 is 1.28 bits per heavy atom. The van der Waals surface area contributed by atoms with Crippen molar-refractivity contribution in [3.8, 4) is 0 Å². The molecule has 0 bridgehead atoms. The van der Waals surface area contributed by atoms with E-state index in [1.807, 2.05) is 6.92 Å². The lowest BCUT2D eigenvalue weighted by molar-refractivity contribution is 0.197. The summed E-state index contributed by atoms with van der Waals surface area (Å²) in [5, 5.41) is 3.38. The Hall–Kier alpha value is -1.03. The molecule has 0 saturated heterocycles. The molecule has 1 rings (SSSR count). The first-order valence-electron chi connectivity index (χ1n) is 7.04. The molecular weight excluding hydrogens is 226 g/mol. The molecule has 18 heavy (non-hydrogen) atoms. The molecule has 0 fully saturated rings. The predicted octanol–water partition coefficient (Wildman–Crippen LogP) is 3.22. The normalized spacial score (nSPS) is 10.8. The molecule has 104 valence electrons. The van der Waals surface area contributed by atoms with Crippen molar-refractivity contribution in [2.45, 2.75) is 52.5 Å². The molecule has 0 aromatic carbocycles. The van der Waals surface area contributed by atoms with Crippen LogP contribution >= 0.6 is 0 Å². The number of unbranched alkanes of at least 4 members (excludes halogenated alkanes) is 3. The standard InChI is InChI=1S/C14H27N3O/c1-4-5-6-7-10-17-12-13(2)16-14(17)15-9-8-11-18-3/h12H,4-11H2,1-3H3,(H,15,16). The van der Waals surface area contributed by atoms with Crippen LogP contribution < -0.4 is 5.32 Å². The average molecular weight is 253 g/mol. The van der Waals surface area contributed by atoms with Gasteiger partial charge in [0.15, 0.2) is 0 Å². The molecule has 1 heterocycles. The Kier molecular flexibility index (Phi) is 7.49. The highest BCUT2D eigenvalue weighted by atomic mass is 16.5. The number of aromatic nitrogens is 2. The molecule has 0 aliphatic heterocycles. The lowest BCUT2D eigenvalue weighted by Gasteiger charge is -2.09. The van der Waals surface area contributed by atoms with E-state index in [4.69, 9.17) is 4.74 Å². The fourth-order valence-corrected chi connectivity index (χ4v) is 1.98. The summed E-state index contributed by atoms with van der Waals surface area (Å²) in [5.74, 6) is 1.00. The molecule has 0 radical (unpaired) electrons. The number of rotatable bonds is 10. The number of ether oxygens (including phenoxy) is 1. The van der Waals surface area contributed by atoms with Gasteiger partial charge in [-0.2, -0.15) is 0 Å². The van der Waals surface area contributed by atoms with Crippen LogP contribution in [0.15, 0.2) is 6.20 Å². The minimum absolute atomic E-state index is 0.795. The third kappa shape index (κ3) is 5.54. The van der Waals surface area contributed by atoms with Gasteiger partial charge in [0.1, 0.15) is 0 Å². The highest BCUT2D eigenvalue weighted by Gasteiger charge is 2.04. The Balaban J connectivity index is 2.36. The maximum atomic E-state index is 5.04. The van der Waals surface area contributed by atoms with Gasteiger partial charge in [0.05, 0.1) is 5.69 Å². The van der Waals surface area contributed by atoms with Crippen LogP contribution in [0.1, 0.15) is 44.7 Å². The van der Waals surface area contributed by atoms with Gasteiger partial charge in [0.25, 0.3) is 0 Å². The average Bonchev–Trinajstić information content (AvgIpc) is 2.71. The van der Waals surface area contributed by atoms with Crippen LogP contribution in [0, 0.1) is 6.92 Å². The van der Waals surface area contributed by atoms with E-state index < -0.39 is 0 Å². The van der Waals surface area contributed by atoms with Crippen LogP contribution in [0.25, 0.3) is 0 Å². The van der Waals surface area contributed by atoms with Gasteiger partial charge < -0.3 is 14.6 Å². The fraction of sp³-hybridized carbons (Fsp3) is 0.786. The van der Waals surface area contributed by atoms with E-state index >= 15 is 0 Å². The smallest absolute Gasteiger partial charge is 0.203 e. The SMILES string of the molecule is CCCCCCn1cc(C)nc1NCCCOC. The summed E-state index contributed by atoms with van der Waals surface area (Å²) in [6.07, 6.45) is 8.28. The van der Waals surface area contributed by atoms with Crippen LogP contribution in [0.3, 0.4) is 0 Å². The van der Waals surface area contributed by atoms with E-state index in [1.54, 1.807) is 7.11 Å². The molecule has 0 amide bonds. The third-order valence-corrected chi connectivity index (χ3v) is 2.96. The second-order valence-electron chi connectivity index (χ2n) is 4.73. The topological polar surface area (TPSA) is 39.1 Å². The predicted molar refractivity (Wildman–Crippen MR) is 76.1 cm³/mol. The summed E-state index contributed by atoms with van der Waals surface area (Å²) in [7, 11) is 1.73. The lowest BCUT2D eigenvalue weighted by atomic mass is 10.2. The summed E-state index contributed by atoms with van der Waals surface area (Å²) in [6, 6.07) is 0. The summed E-state index contributed by atoms with van der Waals surface area (Å²) in [6.45, 7) is 7.06. The number of nitrogens with one attached hydrogen (secondary N) is 1. The first kappa shape index (κ1) is 15.0. The largest absolute Gasteiger partial charge is 0.385 e. The number of imidazole rings is 1. The second-order valence-corrected chi connectivity index (χ2v) is 4.73. The molecule has 4 nitrogen and oxygen atoms in total. The van der Waals surface area contributed by atoms with Gasteiger partial charge >= 0.3 is 0 Å². The molecular formula is C14H27N3O. The molecule has 0 aliphatic rings. The molecule has 1 aromatic rings. The molecule has 0 spiro atoms. The van der Waals surface area contributed by atoms with Gasteiger partial charge in [0, 0.05) is 33.0 Å². The lowest BCUT2D eigenvalue weighted by Crippen LogP contribution is -2.10. The van der Waals surface area contributed by atoms with Gasteiger partial charge in [-0.15, -0.1) is 0 Å². The highest BCUT2D eigenvalue weighted by Crippen LogP contribution is 2.11. The van der Waals surface area contributed by atoms with Crippen molar-refractivity contribution in [2.24, 2.45) is 0 Å². The van der Waals surface area contributed by atoms with E-state index in [-0.39, 0.29) is 0 Å². The van der Waals surface area contributed by atoms with Gasteiger partial charge in [-0.05, 0) is 19.8 Å². The van der Waals surface area contributed by atoms with Crippen molar-refractivity contribution in [1.29, 1.82) is 0 Å². The molecule has 0 saturated carbocycles. The zero-order valence-electron chi connectivity index (χ0n) is 12.0. The van der Waals surface area contributed by atoms with Gasteiger partial charge in [-0.25, -0.2) is 4.98 Å². The number of anilines is 1. The quantitative estimate of drug-likeness (QED) is 0.651. The fourth-order valence-electron chi connectivity index (χ4n) is 1.98. The van der Waals surface area contributed by atoms with E-state index in [0.717, 1.165) is 37.8 Å². The zero-order chi connectivity index (χ0) is 13.2. The summed E-state index contributed by atoms with van der Waals surface area (Å²) in [4.78, 5) is 4.52. The second kappa shape index (κ2) is 8.97. The summed E-state index contributed by atoms with van der Waals surface area (Å²) >= 11 is 0. The summed E-state index contributed by atoms with van der Waals surface area (Å²) < 4.78 is 7.27. The van der Waals surface area contributed by atoms with Gasteiger partial charge in [0.2, 0.25) is 5.95 Å². The monoisotopic (exact) mass is 253 g/mol. The molecule has 1 aromatic heterocycles. The van der Waals surface area contributed by atoms with Crippen LogP contribution in [-0.2, 0) is 11.3 Å². The van der Waals surface area contributed by atoms with Crippen molar-refractivity contribution in [3.05, 3.63) is 11.9 Å². The molecule has 1 N–H and O–H groups in total. The van der Waals surface area contributed by atoms with Crippen LogP contribution in [-0.4, -0.2) is 29.8 Å². The molecule has 0 atom stereocenters.